The summed E-state index contributed by atoms with van der Waals surface area (Å²) in [6.45, 7) is 0.828. The highest BCUT2D eigenvalue weighted by molar-refractivity contribution is 5.93. The van der Waals surface area contributed by atoms with E-state index in [1.165, 1.54) is 6.26 Å². The van der Waals surface area contributed by atoms with E-state index in [0.717, 1.165) is 0 Å². The van der Waals surface area contributed by atoms with Gasteiger partial charge < -0.3 is 24.4 Å². The van der Waals surface area contributed by atoms with Gasteiger partial charge in [0.15, 0.2) is 5.76 Å². The van der Waals surface area contributed by atoms with Crippen LogP contribution in [0.4, 0.5) is 0 Å². The second-order valence-corrected chi connectivity index (χ2v) is 5.89. The summed E-state index contributed by atoms with van der Waals surface area (Å²) >= 11 is 0. The molecule has 0 bridgehead atoms. The van der Waals surface area contributed by atoms with Gasteiger partial charge in [-0.1, -0.05) is 18.2 Å². The molecule has 0 atom stereocenters. The van der Waals surface area contributed by atoms with Crippen LogP contribution in [-0.2, 0) is 13.7 Å². The molecule has 3 aromatic rings. The number of aryl methyl sites for hydroxylation is 1. The van der Waals surface area contributed by atoms with Crippen LogP contribution in [0.2, 0.25) is 0 Å². The molecule has 0 aliphatic rings. The van der Waals surface area contributed by atoms with E-state index in [0.29, 0.717) is 23.6 Å². The number of furan rings is 1. The molecule has 0 aliphatic carbocycles. The zero-order valence-electron chi connectivity index (χ0n) is 15.0. The Hall–Kier alpha value is -3.48. The molecule has 2 heterocycles. The topological polar surface area (TPSA) is 85.5 Å². The van der Waals surface area contributed by atoms with Crippen LogP contribution in [0.1, 0.15) is 26.6 Å². The van der Waals surface area contributed by atoms with E-state index in [4.69, 9.17) is 9.15 Å². The summed E-state index contributed by atoms with van der Waals surface area (Å²) in [5.41, 5.74) is 1.22. The molecule has 0 spiro atoms. The lowest BCUT2D eigenvalue weighted by atomic mass is 10.2. The van der Waals surface area contributed by atoms with Crippen LogP contribution in [-0.4, -0.2) is 29.5 Å². The number of aromatic nitrogens is 1. The predicted molar refractivity (Wildman–Crippen MR) is 99.6 cm³/mol. The maximum Gasteiger partial charge on any atom is 0.287 e. The number of hydrogen-bond acceptors (Lipinski definition) is 4. The average molecular weight is 367 g/mol. The monoisotopic (exact) mass is 367 g/mol. The molecule has 3 rings (SSSR count). The van der Waals surface area contributed by atoms with Crippen molar-refractivity contribution in [2.24, 2.45) is 7.05 Å². The van der Waals surface area contributed by atoms with Crippen LogP contribution in [0.15, 0.2) is 65.4 Å². The van der Waals surface area contributed by atoms with Crippen LogP contribution in [0.3, 0.4) is 0 Å². The number of carbonyl (C=O) groups is 2. The Labute approximate surface area is 156 Å². The van der Waals surface area contributed by atoms with E-state index >= 15 is 0 Å². The molecule has 140 valence electrons. The van der Waals surface area contributed by atoms with Crippen molar-refractivity contribution in [1.82, 2.24) is 15.2 Å². The first-order valence-corrected chi connectivity index (χ1v) is 8.57. The van der Waals surface area contributed by atoms with Crippen molar-refractivity contribution in [1.29, 1.82) is 0 Å². The zero-order valence-corrected chi connectivity index (χ0v) is 15.0. The van der Waals surface area contributed by atoms with E-state index in [-0.39, 0.29) is 30.7 Å². The van der Waals surface area contributed by atoms with Gasteiger partial charge in [0.05, 0.1) is 6.26 Å². The summed E-state index contributed by atoms with van der Waals surface area (Å²) in [6.07, 6.45) is 3.25. The smallest absolute Gasteiger partial charge is 0.287 e. The number of nitrogens with one attached hydrogen (secondary N) is 2. The second-order valence-electron chi connectivity index (χ2n) is 5.89. The maximum atomic E-state index is 12.3. The number of ether oxygens (including phenoxy) is 1. The number of benzene rings is 1. The summed E-state index contributed by atoms with van der Waals surface area (Å²) in [7, 11) is 1.80. The average Bonchev–Trinajstić information content (AvgIpc) is 3.33. The van der Waals surface area contributed by atoms with Crippen LogP contribution >= 0.6 is 0 Å². The highest BCUT2D eigenvalue weighted by Gasteiger charge is 2.16. The normalized spacial score (nSPS) is 10.4. The minimum absolute atomic E-state index is 0.188. The predicted octanol–water partition coefficient (Wildman–Crippen LogP) is 2.36. The van der Waals surface area contributed by atoms with E-state index in [2.05, 4.69) is 10.6 Å². The van der Waals surface area contributed by atoms with Crippen LogP contribution in [0.25, 0.3) is 0 Å². The van der Waals surface area contributed by atoms with Gasteiger partial charge in [-0.3, -0.25) is 9.59 Å². The molecule has 0 radical (unpaired) electrons. The first-order valence-electron chi connectivity index (χ1n) is 8.57. The van der Waals surface area contributed by atoms with Crippen LogP contribution < -0.4 is 15.4 Å². The molecular weight excluding hydrogens is 346 g/mol. The highest BCUT2D eigenvalue weighted by atomic mass is 16.5. The molecular formula is C20H21N3O4. The van der Waals surface area contributed by atoms with Gasteiger partial charge in [0.1, 0.15) is 18.1 Å². The Morgan fingerprint density at radius 3 is 2.44 bits per heavy atom. The van der Waals surface area contributed by atoms with Crippen molar-refractivity contribution in [3.63, 3.8) is 0 Å². The fraction of sp³-hybridized carbons (Fsp3) is 0.200. The Balaban J connectivity index is 1.45. The summed E-state index contributed by atoms with van der Waals surface area (Å²) in [5, 5.41) is 5.49. The molecule has 1 aromatic carbocycles. The molecule has 0 fully saturated rings. The SMILES string of the molecule is Cn1cccc1C(=O)NCCNC(=O)c1occc1COc1ccccc1. The number of amides is 2. The van der Waals surface area contributed by atoms with Crippen molar-refractivity contribution in [2.45, 2.75) is 6.61 Å². The van der Waals surface area contributed by atoms with Crippen molar-refractivity contribution in [2.75, 3.05) is 13.1 Å². The van der Waals surface area contributed by atoms with Gasteiger partial charge in [-0.15, -0.1) is 0 Å². The Bertz CT molecular complexity index is 899. The van der Waals surface area contributed by atoms with Gasteiger partial charge in [-0.05, 0) is 30.3 Å². The zero-order chi connectivity index (χ0) is 19.1. The van der Waals surface area contributed by atoms with E-state index in [9.17, 15) is 9.59 Å². The van der Waals surface area contributed by atoms with Crippen molar-refractivity contribution >= 4 is 11.8 Å². The van der Waals surface area contributed by atoms with E-state index in [1.807, 2.05) is 30.3 Å². The van der Waals surface area contributed by atoms with Crippen molar-refractivity contribution in [3.8, 4) is 5.75 Å². The van der Waals surface area contributed by atoms with Crippen molar-refractivity contribution < 1.29 is 18.7 Å². The number of rotatable bonds is 8. The number of nitrogens with zero attached hydrogens (tertiary/aromatic N) is 1. The molecule has 2 aromatic heterocycles. The Morgan fingerprint density at radius 2 is 1.74 bits per heavy atom. The van der Waals surface area contributed by atoms with E-state index < -0.39 is 0 Å². The minimum atomic E-state index is -0.347. The number of carbonyl (C=O) groups excluding carboxylic acids is 2. The van der Waals surface area contributed by atoms with Crippen LogP contribution in [0.5, 0.6) is 5.75 Å². The number of para-hydroxylation sites is 1. The third-order valence-corrected chi connectivity index (χ3v) is 3.96. The van der Waals surface area contributed by atoms with Gasteiger partial charge >= 0.3 is 0 Å². The highest BCUT2D eigenvalue weighted by Crippen LogP contribution is 2.15. The van der Waals surface area contributed by atoms with Gasteiger partial charge in [0.25, 0.3) is 11.8 Å². The van der Waals surface area contributed by atoms with Crippen molar-refractivity contribution in [3.05, 3.63) is 78.0 Å². The fourth-order valence-corrected chi connectivity index (χ4v) is 2.55. The molecule has 27 heavy (non-hydrogen) atoms. The number of hydrogen-bond donors (Lipinski definition) is 2. The lowest BCUT2D eigenvalue weighted by Crippen LogP contribution is -2.35. The lowest BCUT2D eigenvalue weighted by Gasteiger charge is -2.08. The van der Waals surface area contributed by atoms with E-state index in [1.54, 1.807) is 36.0 Å². The van der Waals surface area contributed by atoms with Gasteiger partial charge in [0, 0.05) is 31.9 Å². The third-order valence-electron chi connectivity index (χ3n) is 3.96. The van der Waals surface area contributed by atoms with Gasteiger partial charge in [0.2, 0.25) is 0 Å². The molecule has 0 saturated carbocycles. The second kappa shape index (κ2) is 8.75. The maximum absolute atomic E-state index is 12.3. The molecule has 7 heteroatoms. The largest absolute Gasteiger partial charge is 0.489 e. The Morgan fingerprint density at radius 1 is 1.00 bits per heavy atom. The summed E-state index contributed by atoms with van der Waals surface area (Å²) in [4.78, 5) is 24.3. The van der Waals surface area contributed by atoms with Gasteiger partial charge in [-0.2, -0.15) is 0 Å². The quantitative estimate of drug-likeness (QED) is 0.599. The molecule has 2 N–H and O–H groups in total. The van der Waals surface area contributed by atoms with Gasteiger partial charge in [-0.25, -0.2) is 0 Å². The molecule has 0 saturated heterocycles. The van der Waals surface area contributed by atoms with Crippen LogP contribution in [0, 0.1) is 0 Å². The first kappa shape index (κ1) is 18.3. The Kier molecular flexibility index (Phi) is 5.94. The summed E-state index contributed by atoms with van der Waals surface area (Å²) < 4.78 is 12.7. The third kappa shape index (κ3) is 4.78. The lowest BCUT2D eigenvalue weighted by molar-refractivity contribution is 0.0906. The minimum Gasteiger partial charge on any atom is -0.489 e. The molecule has 0 aliphatic heterocycles. The molecule has 2 amide bonds. The fourth-order valence-electron chi connectivity index (χ4n) is 2.55. The molecule has 7 nitrogen and oxygen atoms in total. The molecule has 0 unspecified atom stereocenters. The standard InChI is InChI=1S/C20H21N3O4/c1-23-12-5-8-17(23)19(24)21-10-11-22-20(25)18-15(9-13-26-18)14-27-16-6-3-2-4-7-16/h2-9,12-13H,10-11,14H2,1H3,(H,21,24)(H,22,25). The first-order chi connectivity index (χ1) is 13.1. The summed E-state index contributed by atoms with van der Waals surface area (Å²) in [5.74, 6) is 0.389. The summed E-state index contributed by atoms with van der Waals surface area (Å²) in [6, 6.07) is 14.6.